The van der Waals surface area contributed by atoms with Gasteiger partial charge in [0.25, 0.3) is 0 Å². The Morgan fingerprint density at radius 1 is 1.00 bits per heavy atom. The van der Waals surface area contributed by atoms with Crippen molar-refractivity contribution in [2.45, 2.75) is 26.8 Å². The second-order valence-corrected chi connectivity index (χ2v) is 5.81. The number of anilines is 1. The van der Waals surface area contributed by atoms with E-state index in [9.17, 15) is 8.78 Å². The predicted octanol–water partition coefficient (Wildman–Crippen LogP) is 5.52. The van der Waals surface area contributed by atoms with E-state index in [-0.39, 0.29) is 17.7 Å². The number of aryl methyl sites for hydroxylation is 2. The maximum Gasteiger partial charge on any atom is 0.137 e. The van der Waals surface area contributed by atoms with Crippen LogP contribution in [-0.2, 0) is 0 Å². The topological polar surface area (TPSA) is 12.0 Å². The van der Waals surface area contributed by atoms with Gasteiger partial charge in [-0.2, -0.15) is 0 Å². The van der Waals surface area contributed by atoms with E-state index in [4.69, 9.17) is 0 Å². The van der Waals surface area contributed by atoms with Gasteiger partial charge in [0, 0.05) is 11.7 Å². The lowest BCUT2D eigenvalue weighted by Crippen LogP contribution is -2.08. The van der Waals surface area contributed by atoms with Crippen LogP contribution < -0.4 is 5.32 Å². The van der Waals surface area contributed by atoms with E-state index in [0.717, 1.165) is 16.8 Å². The molecule has 0 aliphatic carbocycles. The predicted molar refractivity (Wildman–Crippen MR) is 82.0 cm³/mol. The third-order valence-electron chi connectivity index (χ3n) is 3.34. The summed E-state index contributed by atoms with van der Waals surface area (Å²) in [5.41, 5.74) is 3.12. The number of rotatable bonds is 3. The first kappa shape index (κ1) is 15.0. The first-order valence-corrected chi connectivity index (χ1v) is 7.16. The van der Waals surface area contributed by atoms with Gasteiger partial charge in [-0.1, -0.05) is 12.1 Å². The summed E-state index contributed by atoms with van der Waals surface area (Å²) in [4.78, 5) is 0. The number of nitrogens with one attached hydrogen (secondary N) is 1. The van der Waals surface area contributed by atoms with Gasteiger partial charge in [-0.05, 0) is 71.6 Å². The molecule has 4 heteroatoms. The minimum Gasteiger partial charge on any atom is -0.378 e. The van der Waals surface area contributed by atoms with Gasteiger partial charge in [-0.25, -0.2) is 8.78 Å². The average Bonchev–Trinajstić information content (AvgIpc) is 2.39. The fraction of sp³-hybridized carbons (Fsp3) is 0.250. The summed E-state index contributed by atoms with van der Waals surface area (Å²) in [6, 6.07) is 8.28. The van der Waals surface area contributed by atoms with Crippen LogP contribution in [0.5, 0.6) is 0 Å². The highest BCUT2D eigenvalue weighted by molar-refractivity contribution is 9.10. The van der Waals surface area contributed by atoms with Crippen molar-refractivity contribution in [2.75, 3.05) is 5.32 Å². The maximum atomic E-state index is 13.6. The molecule has 2 aromatic rings. The lowest BCUT2D eigenvalue weighted by molar-refractivity contribution is 0.614. The SMILES string of the molecule is Cc1ccc(C(C)Nc2cc(Br)c(F)cc2C)cc1F. The third kappa shape index (κ3) is 3.18. The highest BCUT2D eigenvalue weighted by Crippen LogP contribution is 2.28. The van der Waals surface area contributed by atoms with E-state index in [0.29, 0.717) is 10.0 Å². The van der Waals surface area contributed by atoms with Gasteiger partial charge < -0.3 is 5.32 Å². The van der Waals surface area contributed by atoms with E-state index in [1.165, 1.54) is 12.1 Å². The molecule has 0 saturated carbocycles. The van der Waals surface area contributed by atoms with Crippen molar-refractivity contribution in [1.82, 2.24) is 0 Å². The van der Waals surface area contributed by atoms with Crippen molar-refractivity contribution in [3.63, 3.8) is 0 Å². The van der Waals surface area contributed by atoms with E-state index in [1.54, 1.807) is 19.1 Å². The first-order valence-electron chi connectivity index (χ1n) is 6.36. The second kappa shape index (κ2) is 5.92. The summed E-state index contributed by atoms with van der Waals surface area (Å²) in [7, 11) is 0. The molecule has 0 aromatic heterocycles. The molecule has 1 N–H and O–H groups in total. The van der Waals surface area contributed by atoms with Crippen LogP contribution in [-0.4, -0.2) is 0 Å². The van der Waals surface area contributed by atoms with Crippen molar-refractivity contribution >= 4 is 21.6 Å². The second-order valence-electron chi connectivity index (χ2n) is 4.96. The molecule has 20 heavy (non-hydrogen) atoms. The molecule has 106 valence electrons. The molecule has 1 nitrogen and oxygen atoms in total. The van der Waals surface area contributed by atoms with Crippen molar-refractivity contribution in [1.29, 1.82) is 0 Å². The number of hydrogen-bond donors (Lipinski definition) is 1. The molecule has 0 amide bonds. The van der Waals surface area contributed by atoms with Crippen molar-refractivity contribution < 1.29 is 8.78 Å². The van der Waals surface area contributed by atoms with Crippen LogP contribution in [0.15, 0.2) is 34.8 Å². The zero-order valence-electron chi connectivity index (χ0n) is 11.6. The molecule has 1 unspecified atom stereocenters. The summed E-state index contributed by atoms with van der Waals surface area (Å²) < 4.78 is 27.4. The van der Waals surface area contributed by atoms with Crippen LogP contribution in [0.3, 0.4) is 0 Å². The fourth-order valence-corrected chi connectivity index (χ4v) is 2.34. The Hall–Kier alpha value is -1.42. The summed E-state index contributed by atoms with van der Waals surface area (Å²) in [6.07, 6.45) is 0. The molecular formula is C16H16BrF2N. The monoisotopic (exact) mass is 339 g/mol. The van der Waals surface area contributed by atoms with Crippen molar-refractivity contribution in [2.24, 2.45) is 0 Å². The standard InChI is InChI=1S/C16H16BrF2N/c1-9-4-5-12(7-14(9)18)11(3)20-16-8-13(17)15(19)6-10(16)2/h4-8,11,20H,1-3H3. The zero-order valence-corrected chi connectivity index (χ0v) is 13.2. The lowest BCUT2D eigenvalue weighted by atomic mass is 10.0. The molecule has 1 atom stereocenters. The van der Waals surface area contributed by atoms with Crippen LogP contribution >= 0.6 is 15.9 Å². The summed E-state index contributed by atoms with van der Waals surface area (Å²) in [5.74, 6) is -0.504. The van der Waals surface area contributed by atoms with E-state index in [1.807, 2.05) is 19.9 Å². The highest BCUT2D eigenvalue weighted by Gasteiger charge is 2.11. The number of hydrogen-bond acceptors (Lipinski definition) is 1. The molecule has 0 saturated heterocycles. The van der Waals surface area contributed by atoms with Crippen LogP contribution in [0, 0.1) is 25.5 Å². The van der Waals surface area contributed by atoms with Gasteiger partial charge in [-0.3, -0.25) is 0 Å². The Kier molecular flexibility index (Phi) is 4.43. The molecule has 0 aliphatic rings. The largest absolute Gasteiger partial charge is 0.378 e. The normalized spacial score (nSPS) is 12.3. The van der Waals surface area contributed by atoms with Crippen LogP contribution in [0.2, 0.25) is 0 Å². The Labute approximate surface area is 126 Å². The molecule has 2 aromatic carbocycles. The summed E-state index contributed by atoms with van der Waals surface area (Å²) in [6.45, 7) is 5.51. The molecule has 0 heterocycles. The molecule has 0 bridgehead atoms. The van der Waals surface area contributed by atoms with Crippen molar-refractivity contribution in [3.05, 3.63) is 63.1 Å². The fourth-order valence-electron chi connectivity index (χ4n) is 2.00. The molecule has 0 spiro atoms. The van der Waals surface area contributed by atoms with Crippen LogP contribution in [0.1, 0.15) is 29.7 Å². The minimum absolute atomic E-state index is 0.0684. The van der Waals surface area contributed by atoms with Gasteiger partial charge in [0.05, 0.1) is 4.47 Å². The number of benzene rings is 2. The Morgan fingerprint density at radius 3 is 2.35 bits per heavy atom. The van der Waals surface area contributed by atoms with E-state index in [2.05, 4.69) is 21.2 Å². The molecule has 0 radical (unpaired) electrons. The van der Waals surface area contributed by atoms with Gasteiger partial charge in [0.2, 0.25) is 0 Å². The summed E-state index contributed by atoms with van der Waals surface area (Å²) >= 11 is 3.17. The van der Waals surface area contributed by atoms with Crippen LogP contribution in [0.4, 0.5) is 14.5 Å². The van der Waals surface area contributed by atoms with Gasteiger partial charge in [-0.15, -0.1) is 0 Å². The third-order valence-corrected chi connectivity index (χ3v) is 3.94. The molecule has 2 rings (SSSR count). The first-order chi connectivity index (χ1) is 9.38. The van der Waals surface area contributed by atoms with Crippen LogP contribution in [0.25, 0.3) is 0 Å². The zero-order chi connectivity index (χ0) is 14.9. The van der Waals surface area contributed by atoms with E-state index >= 15 is 0 Å². The molecule has 0 fully saturated rings. The lowest BCUT2D eigenvalue weighted by Gasteiger charge is -2.18. The molecule has 0 aliphatic heterocycles. The quantitative estimate of drug-likeness (QED) is 0.776. The molecular weight excluding hydrogens is 324 g/mol. The van der Waals surface area contributed by atoms with Crippen molar-refractivity contribution in [3.8, 4) is 0 Å². The highest BCUT2D eigenvalue weighted by atomic mass is 79.9. The van der Waals surface area contributed by atoms with Gasteiger partial charge >= 0.3 is 0 Å². The van der Waals surface area contributed by atoms with Gasteiger partial charge in [0.1, 0.15) is 11.6 Å². The van der Waals surface area contributed by atoms with Gasteiger partial charge in [0.15, 0.2) is 0 Å². The average molecular weight is 340 g/mol. The Morgan fingerprint density at radius 2 is 1.70 bits per heavy atom. The Bertz CT molecular complexity index is 641. The van der Waals surface area contributed by atoms with E-state index < -0.39 is 0 Å². The smallest absolute Gasteiger partial charge is 0.137 e. The number of halogens is 3. The summed E-state index contributed by atoms with van der Waals surface area (Å²) in [5, 5.41) is 3.28. The Balaban J connectivity index is 2.25. The maximum absolute atomic E-state index is 13.6. The minimum atomic E-state index is -0.290.